The highest BCUT2D eigenvalue weighted by Crippen LogP contribution is 2.41. The molecule has 3 aromatic rings. The summed E-state index contributed by atoms with van der Waals surface area (Å²) in [5.74, 6) is 1.79. The monoisotopic (exact) mass is 545 g/mol. The second kappa shape index (κ2) is 12.8. The minimum atomic E-state index is -0.348. The summed E-state index contributed by atoms with van der Waals surface area (Å²) in [6.07, 6.45) is 4.97. The molecule has 0 spiro atoms. The Balaban J connectivity index is 1.46. The van der Waals surface area contributed by atoms with E-state index in [4.69, 9.17) is 18.9 Å². The topological polar surface area (TPSA) is 90.4 Å². The third kappa shape index (κ3) is 6.20. The van der Waals surface area contributed by atoms with Crippen molar-refractivity contribution in [2.24, 2.45) is 0 Å². The Labute approximate surface area is 234 Å². The van der Waals surface area contributed by atoms with E-state index in [1.54, 1.807) is 31.5 Å². The van der Waals surface area contributed by atoms with E-state index in [9.17, 15) is 9.59 Å². The van der Waals surface area contributed by atoms with Crippen molar-refractivity contribution in [3.05, 3.63) is 83.2 Å². The predicted octanol–water partition coefficient (Wildman–Crippen LogP) is 3.44. The summed E-state index contributed by atoms with van der Waals surface area (Å²) in [7, 11) is 3.23. The Bertz CT molecular complexity index is 1310. The predicted molar refractivity (Wildman–Crippen MR) is 149 cm³/mol. The molecule has 210 valence electrons. The van der Waals surface area contributed by atoms with Crippen molar-refractivity contribution < 1.29 is 28.5 Å². The fourth-order valence-electron chi connectivity index (χ4n) is 5.32. The van der Waals surface area contributed by atoms with Gasteiger partial charge in [-0.1, -0.05) is 18.2 Å². The standard InChI is InChI=1S/C31H35N3O6/c1-37-27-18-24-11-13-34-30(36)21-33(29(35)10-5-22-4-3-12-32-20-22)14-15-39-16-17-40-25-8-6-23(7-9-25)31(34)26(24)19-28(27)38-2/h3-4,6-9,12,18-20,31H,5,10-11,13-17,21H2,1-2H3. The molecule has 1 atom stereocenters. The highest BCUT2D eigenvalue weighted by Gasteiger charge is 2.34. The number of fused-ring (bicyclic) bond motifs is 11. The van der Waals surface area contributed by atoms with Gasteiger partial charge in [0, 0.05) is 31.9 Å². The summed E-state index contributed by atoms with van der Waals surface area (Å²) in [6, 6.07) is 15.2. The normalized spacial score (nSPS) is 17.6. The zero-order chi connectivity index (χ0) is 27.9. The number of hydrogen-bond acceptors (Lipinski definition) is 7. The van der Waals surface area contributed by atoms with Crippen LogP contribution in [0.3, 0.4) is 0 Å². The zero-order valence-electron chi connectivity index (χ0n) is 23.0. The van der Waals surface area contributed by atoms with Crippen LogP contribution in [-0.2, 0) is 27.2 Å². The molecule has 0 saturated heterocycles. The SMILES string of the molecule is COc1cc2c(cc1OC)C1c3ccc(cc3)OCCOCCN(C(=O)CCc3cccnc3)CC(=O)N1CC2. The van der Waals surface area contributed by atoms with E-state index < -0.39 is 0 Å². The van der Waals surface area contributed by atoms with Gasteiger partial charge in [0.1, 0.15) is 12.4 Å². The van der Waals surface area contributed by atoms with Gasteiger partial charge in [0.25, 0.3) is 0 Å². The lowest BCUT2D eigenvalue weighted by Gasteiger charge is -2.39. The molecule has 1 unspecified atom stereocenters. The summed E-state index contributed by atoms with van der Waals surface area (Å²) in [6.45, 7) is 1.90. The van der Waals surface area contributed by atoms with Crippen LogP contribution < -0.4 is 14.2 Å². The van der Waals surface area contributed by atoms with Gasteiger partial charge < -0.3 is 28.7 Å². The van der Waals surface area contributed by atoms with Crippen LogP contribution in [0.1, 0.15) is 34.7 Å². The van der Waals surface area contributed by atoms with Gasteiger partial charge in [0.15, 0.2) is 11.5 Å². The van der Waals surface area contributed by atoms with E-state index in [2.05, 4.69) is 4.98 Å². The molecule has 0 radical (unpaired) electrons. The molecule has 3 aliphatic heterocycles. The van der Waals surface area contributed by atoms with Crippen LogP contribution in [0.2, 0.25) is 0 Å². The molecule has 2 amide bonds. The average Bonchev–Trinajstić information content (AvgIpc) is 3.00. The maximum absolute atomic E-state index is 14.0. The molecule has 2 aromatic carbocycles. The van der Waals surface area contributed by atoms with E-state index in [-0.39, 0.29) is 30.8 Å². The maximum Gasteiger partial charge on any atom is 0.242 e. The number of benzene rings is 2. The lowest BCUT2D eigenvalue weighted by molar-refractivity contribution is -0.142. The summed E-state index contributed by atoms with van der Waals surface area (Å²) in [5.41, 5.74) is 4.01. The number of amides is 2. The Morgan fingerprint density at radius 3 is 2.58 bits per heavy atom. The molecule has 1 aromatic heterocycles. The molecule has 2 bridgehead atoms. The van der Waals surface area contributed by atoms with Crippen LogP contribution in [0.25, 0.3) is 0 Å². The van der Waals surface area contributed by atoms with E-state index in [0.717, 1.165) is 28.0 Å². The average molecular weight is 546 g/mol. The van der Waals surface area contributed by atoms with Crippen LogP contribution in [0.4, 0.5) is 0 Å². The van der Waals surface area contributed by atoms with Gasteiger partial charge in [0.2, 0.25) is 11.8 Å². The zero-order valence-corrected chi connectivity index (χ0v) is 23.0. The lowest BCUT2D eigenvalue weighted by atomic mass is 9.87. The van der Waals surface area contributed by atoms with Crippen molar-refractivity contribution in [2.45, 2.75) is 25.3 Å². The lowest BCUT2D eigenvalue weighted by Crippen LogP contribution is -2.47. The summed E-state index contributed by atoms with van der Waals surface area (Å²) < 4.78 is 22.8. The summed E-state index contributed by atoms with van der Waals surface area (Å²) in [5, 5.41) is 0. The number of ether oxygens (including phenoxy) is 4. The third-order valence-corrected chi connectivity index (χ3v) is 7.42. The van der Waals surface area contributed by atoms with Gasteiger partial charge in [-0.3, -0.25) is 14.6 Å². The number of methoxy groups -OCH3 is 2. The first-order valence-corrected chi connectivity index (χ1v) is 13.6. The van der Waals surface area contributed by atoms with E-state index >= 15 is 0 Å². The van der Waals surface area contributed by atoms with Gasteiger partial charge in [-0.15, -0.1) is 0 Å². The van der Waals surface area contributed by atoms with E-state index in [0.29, 0.717) is 57.3 Å². The third-order valence-electron chi connectivity index (χ3n) is 7.42. The number of pyridine rings is 1. The quantitative estimate of drug-likeness (QED) is 0.454. The molecule has 0 aliphatic carbocycles. The molecule has 9 heteroatoms. The number of nitrogens with zero attached hydrogens (tertiary/aromatic N) is 3. The minimum Gasteiger partial charge on any atom is -0.493 e. The first-order valence-electron chi connectivity index (χ1n) is 13.6. The number of aromatic nitrogens is 1. The molecule has 6 rings (SSSR count). The van der Waals surface area contributed by atoms with Crippen molar-refractivity contribution in [3.63, 3.8) is 0 Å². The van der Waals surface area contributed by atoms with Gasteiger partial charge >= 0.3 is 0 Å². The van der Waals surface area contributed by atoms with Crippen LogP contribution in [0.5, 0.6) is 17.2 Å². The van der Waals surface area contributed by atoms with Crippen molar-refractivity contribution in [3.8, 4) is 17.2 Å². The van der Waals surface area contributed by atoms with Crippen LogP contribution in [-0.4, -0.2) is 80.3 Å². The second-order valence-electron chi connectivity index (χ2n) is 9.85. The molecular weight excluding hydrogens is 510 g/mol. The number of rotatable bonds is 5. The largest absolute Gasteiger partial charge is 0.493 e. The molecule has 0 fully saturated rings. The van der Waals surface area contributed by atoms with Crippen molar-refractivity contribution in [1.82, 2.24) is 14.8 Å². The molecule has 4 heterocycles. The molecule has 0 saturated carbocycles. The minimum absolute atomic E-state index is 0.0249. The van der Waals surface area contributed by atoms with Gasteiger partial charge in [0.05, 0.1) is 40.0 Å². The van der Waals surface area contributed by atoms with Crippen molar-refractivity contribution in [2.75, 3.05) is 53.7 Å². The Morgan fingerprint density at radius 2 is 1.82 bits per heavy atom. The number of hydrogen-bond donors (Lipinski definition) is 0. The smallest absolute Gasteiger partial charge is 0.242 e. The molecule has 9 nitrogen and oxygen atoms in total. The first-order chi connectivity index (χ1) is 19.6. The Kier molecular flexibility index (Phi) is 8.81. The van der Waals surface area contributed by atoms with Crippen LogP contribution in [0, 0.1) is 0 Å². The number of carbonyl (C=O) groups is 2. The molecule has 3 aliphatic rings. The second-order valence-corrected chi connectivity index (χ2v) is 9.85. The number of carbonyl (C=O) groups excluding carboxylic acids is 2. The van der Waals surface area contributed by atoms with Crippen molar-refractivity contribution >= 4 is 11.8 Å². The van der Waals surface area contributed by atoms with Crippen molar-refractivity contribution in [1.29, 1.82) is 0 Å². The fourth-order valence-corrected chi connectivity index (χ4v) is 5.32. The highest BCUT2D eigenvalue weighted by molar-refractivity contribution is 5.86. The first kappa shape index (κ1) is 27.5. The fraction of sp³-hybridized carbons (Fsp3) is 0.387. The van der Waals surface area contributed by atoms with Gasteiger partial charge in [-0.25, -0.2) is 0 Å². The van der Waals surface area contributed by atoms with Crippen LogP contribution in [0.15, 0.2) is 60.9 Å². The highest BCUT2D eigenvalue weighted by atomic mass is 16.5. The van der Waals surface area contributed by atoms with E-state index in [1.807, 2.05) is 53.4 Å². The summed E-state index contributed by atoms with van der Waals surface area (Å²) in [4.78, 5) is 34.9. The molecule has 0 N–H and O–H groups in total. The maximum atomic E-state index is 14.0. The van der Waals surface area contributed by atoms with Crippen LogP contribution >= 0.6 is 0 Å². The van der Waals surface area contributed by atoms with E-state index in [1.165, 1.54) is 0 Å². The Hall–Kier alpha value is -4.11. The number of aryl methyl sites for hydroxylation is 1. The summed E-state index contributed by atoms with van der Waals surface area (Å²) >= 11 is 0. The van der Waals surface area contributed by atoms with Gasteiger partial charge in [-0.2, -0.15) is 0 Å². The van der Waals surface area contributed by atoms with Gasteiger partial charge in [-0.05, 0) is 65.4 Å². The Morgan fingerprint density at radius 1 is 1.02 bits per heavy atom. The molecular formula is C31H35N3O6. The molecule has 40 heavy (non-hydrogen) atoms.